The maximum atomic E-state index is 12.5. The Morgan fingerprint density at radius 2 is 2.14 bits per heavy atom. The smallest absolute Gasteiger partial charge is 0.253 e. The van der Waals surface area contributed by atoms with E-state index in [9.17, 15) is 4.79 Å². The number of carbonyl (C=O) groups excluding carboxylic acids is 1. The van der Waals surface area contributed by atoms with E-state index in [-0.39, 0.29) is 11.9 Å². The molecule has 0 bridgehead atoms. The van der Waals surface area contributed by atoms with Crippen LogP contribution in [0.5, 0.6) is 0 Å². The van der Waals surface area contributed by atoms with E-state index >= 15 is 0 Å². The Labute approximate surface area is 133 Å². The maximum Gasteiger partial charge on any atom is 0.253 e. The van der Waals surface area contributed by atoms with Gasteiger partial charge >= 0.3 is 0 Å². The molecule has 3 aromatic rings. The van der Waals surface area contributed by atoms with Crippen molar-refractivity contribution in [2.24, 2.45) is 0 Å². The summed E-state index contributed by atoms with van der Waals surface area (Å²) in [7, 11) is 0. The number of amides is 1. The Kier molecular flexibility index (Phi) is 3.90. The van der Waals surface area contributed by atoms with Gasteiger partial charge in [0.25, 0.3) is 5.91 Å². The van der Waals surface area contributed by atoms with Crippen molar-refractivity contribution in [1.29, 1.82) is 0 Å². The van der Waals surface area contributed by atoms with Crippen molar-refractivity contribution in [3.8, 4) is 22.9 Å². The number of terminal acetylenes is 1. The van der Waals surface area contributed by atoms with E-state index in [0.717, 1.165) is 21.5 Å². The molecule has 4 heteroatoms. The fourth-order valence-electron chi connectivity index (χ4n) is 2.23. The lowest BCUT2D eigenvalue weighted by Gasteiger charge is -2.11. The van der Waals surface area contributed by atoms with Crippen LogP contribution in [-0.4, -0.2) is 16.9 Å². The van der Waals surface area contributed by atoms with E-state index in [1.165, 1.54) is 0 Å². The summed E-state index contributed by atoms with van der Waals surface area (Å²) in [6.45, 7) is 1.78. The Hall–Kier alpha value is -2.64. The number of nitrogens with zero attached hydrogens (tertiary/aromatic N) is 1. The highest BCUT2D eigenvalue weighted by Crippen LogP contribution is 2.27. The lowest BCUT2D eigenvalue weighted by atomic mass is 10.1. The van der Waals surface area contributed by atoms with Gasteiger partial charge < -0.3 is 5.32 Å². The van der Waals surface area contributed by atoms with Gasteiger partial charge in [0.05, 0.1) is 27.7 Å². The fraction of sp³-hybridized carbons (Fsp3) is 0.111. The van der Waals surface area contributed by atoms with Gasteiger partial charge in [0.1, 0.15) is 0 Å². The minimum absolute atomic E-state index is 0.179. The predicted octanol–water partition coefficient (Wildman–Crippen LogP) is 3.71. The van der Waals surface area contributed by atoms with Crippen molar-refractivity contribution in [3.63, 3.8) is 0 Å². The zero-order valence-electron chi connectivity index (χ0n) is 12.0. The third kappa shape index (κ3) is 2.72. The molecule has 0 radical (unpaired) electrons. The molecule has 1 amide bonds. The number of benzene rings is 1. The molecule has 0 saturated carbocycles. The molecule has 1 unspecified atom stereocenters. The molecular formula is C18H14N2OS. The summed E-state index contributed by atoms with van der Waals surface area (Å²) in [5.74, 6) is 2.33. The van der Waals surface area contributed by atoms with Crippen molar-refractivity contribution >= 4 is 28.1 Å². The highest BCUT2D eigenvalue weighted by atomic mass is 32.1. The van der Waals surface area contributed by atoms with Gasteiger partial charge in [0, 0.05) is 5.39 Å². The summed E-state index contributed by atoms with van der Waals surface area (Å²) in [4.78, 5) is 18.2. The van der Waals surface area contributed by atoms with E-state index in [2.05, 4.69) is 16.2 Å². The highest BCUT2D eigenvalue weighted by Gasteiger charge is 2.15. The number of nitrogens with one attached hydrogen (secondary N) is 1. The monoisotopic (exact) mass is 306 g/mol. The maximum absolute atomic E-state index is 12.5. The molecule has 2 aromatic heterocycles. The van der Waals surface area contributed by atoms with Gasteiger partial charge in [-0.2, -0.15) is 0 Å². The van der Waals surface area contributed by atoms with Gasteiger partial charge in [-0.15, -0.1) is 17.8 Å². The number of rotatable bonds is 3. The molecule has 1 aromatic carbocycles. The molecule has 0 spiro atoms. The summed E-state index contributed by atoms with van der Waals surface area (Å²) >= 11 is 1.60. The van der Waals surface area contributed by atoms with Gasteiger partial charge in [-0.05, 0) is 30.5 Å². The van der Waals surface area contributed by atoms with Crippen LogP contribution in [0.3, 0.4) is 0 Å². The molecule has 3 nitrogen and oxygen atoms in total. The first kappa shape index (κ1) is 14.3. The lowest BCUT2D eigenvalue weighted by Crippen LogP contribution is -2.31. The minimum Gasteiger partial charge on any atom is -0.339 e. The van der Waals surface area contributed by atoms with Crippen LogP contribution in [0.25, 0.3) is 21.5 Å². The number of aromatic nitrogens is 1. The SMILES string of the molecule is C#CC(C)NC(=O)c1cc(-c2cccs2)nc2ccccc12. The number of carbonyl (C=O) groups is 1. The summed E-state index contributed by atoms with van der Waals surface area (Å²) in [5, 5.41) is 5.63. The molecular weight excluding hydrogens is 292 g/mol. The second-order valence-corrected chi connectivity index (χ2v) is 5.86. The first-order valence-electron chi connectivity index (χ1n) is 6.89. The first-order valence-corrected chi connectivity index (χ1v) is 7.77. The summed E-state index contributed by atoms with van der Waals surface area (Å²) in [6.07, 6.45) is 5.34. The van der Waals surface area contributed by atoms with Gasteiger partial charge in [-0.3, -0.25) is 4.79 Å². The molecule has 22 heavy (non-hydrogen) atoms. The average molecular weight is 306 g/mol. The van der Waals surface area contributed by atoms with Crippen LogP contribution in [0, 0.1) is 12.3 Å². The topological polar surface area (TPSA) is 42.0 Å². The van der Waals surface area contributed by atoms with Gasteiger partial charge in [0.15, 0.2) is 0 Å². The van der Waals surface area contributed by atoms with Crippen LogP contribution in [0.4, 0.5) is 0 Å². The average Bonchev–Trinajstić information content (AvgIpc) is 3.08. The number of hydrogen-bond donors (Lipinski definition) is 1. The van der Waals surface area contributed by atoms with Gasteiger partial charge in [-0.1, -0.05) is 30.2 Å². The van der Waals surface area contributed by atoms with E-state index in [0.29, 0.717) is 5.56 Å². The normalized spacial score (nSPS) is 11.8. The second kappa shape index (κ2) is 6.00. The zero-order chi connectivity index (χ0) is 15.5. The van der Waals surface area contributed by atoms with Crippen molar-refractivity contribution in [2.45, 2.75) is 13.0 Å². The standard InChI is InChI=1S/C18H14N2OS/c1-3-12(2)19-18(21)14-11-16(17-9-6-10-22-17)20-15-8-5-4-7-13(14)15/h1,4-12H,2H3,(H,19,21). The molecule has 3 rings (SSSR count). The molecule has 0 aliphatic carbocycles. The number of pyridine rings is 1. The molecule has 1 N–H and O–H groups in total. The van der Waals surface area contributed by atoms with E-state index < -0.39 is 0 Å². The Morgan fingerprint density at radius 1 is 1.32 bits per heavy atom. The quantitative estimate of drug-likeness (QED) is 0.749. The third-order valence-electron chi connectivity index (χ3n) is 3.33. The van der Waals surface area contributed by atoms with E-state index in [1.54, 1.807) is 18.3 Å². The third-order valence-corrected chi connectivity index (χ3v) is 4.22. The second-order valence-electron chi connectivity index (χ2n) is 4.91. The summed E-state index contributed by atoms with van der Waals surface area (Å²) < 4.78 is 0. The fourth-order valence-corrected chi connectivity index (χ4v) is 2.92. The molecule has 108 valence electrons. The number of thiophene rings is 1. The van der Waals surface area contributed by atoms with Gasteiger partial charge in [-0.25, -0.2) is 4.98 Å². The highest BCUT2D eigenvalue weighted by molar-refractivity contribution is 7.13. The van der Waals surface area contributed by atoms with Crippen molar-refractivity contribution < 1.29 is 4.79 Å². The van der Waals surface area contributed by atoms with Crippen LogP contribution in [0.1, 0.15) is 17.3 Å². The molecule has 0 fully saturated rings. The van der Waals surface area contributed by atoms with E-state index in [1.807, 2.05) is 47.8 Å². The summed E-state index contributed by atoms with van der Waals surface area (Å²) in [6, 6.07) is 13.1. The Bertz CT molecular complexity index is 862. The lowest BCUT2D eigenvalue weighted by molar-refractivity contribution is 0.0950. The van der Waals surface area contributed by atoms with Crippen LogP contribution >= 0.6 is 11.3 Å². The predicted molar refractivity (Wildman–Crippen MR) is 90.8 cm³/mol. The number of para-hydroxylation sites is 1. The van der Waals surface area contributed by atoms with Crippen molar-refractivity contribution in [3.05, 3.63) is 53.4 Å². The number of fused-ring (bicyclic) bond motifs is 1. The molecule has 2 heterocycles. The van der Waals surface area contributed by atoms with E-state index in [4.69, 9.17) is 6.42 Å². The minimum atomic E-state index is -0.315. The first-order chi connectivity index (χ1) is 10.7. The molecule has 0 aliphatic rings. The van der Waals surface area contributed by atoms with Gasteiger partial charge in [0.2, 0.25) is 0 Å². The molecule has 1 atom stereocenters. The number of hydrogen-bond acceptors (Lipinski definition) is 3. The van der Waals surface area contributed by atoms with Crippen LogP contribution in [0.2, 0.25) is 0 Å². The van der Waals surface area contributed by atoms with Crippen LogP contribution in [0.15, 0.2) is 47.8 Å². The van der Waals surface area contributed by atoms with Crippen LogP contribution in [-0.2, 0) is 0 Å². The largest absolute Gasteiger partial charge is 0.339 e. The van der Waals surface area contributed by atoms with Crippen molar-refractivity contribution in [1.82, 2.24) is 10.3 Å². The van der Waals surface area contributed by atoms with Crippen molar-refractivity contribution in [2.75, 3.05) is 0 Å². The molecule has 0 aliphatic heterocycles. The Balaban J connectivity index is 2.15. The summed E-state index contributed by atoms with van der Waals surface area (Å²) in [5.41, 5.74) is 2.19. The van der Waals surface area contributed by atoms with Crippen LogP contribution < -0.4 is 5.32 Å². The molecule has 0 saturated heterocycles. The Morgan fingerprint density at radius 3 is 2.86 bits per heavy atom. The zero-order valence-corrected chi connectivity index (χ0v) is 12.9.